The van der Waals surface area contributed by atoms with Crippen molar-refractivity contribution in [3.05, 3.63) is 18.5 Å². The highest BCUT2D eigenvalue weighted by Crippen LogP contribution is 2.51. The smallest absolute Gasteiger partial charge is 0.225 e. The molecule has 1 aromatic heterocycles. The van der Waals surface area contributed by atoms with Gasteiger partial charge in [-0.15, -0.1) is 24.0 Å². The summed E-state index contributed by atoms with van der Waals surface area (Å²) in [5.74, 6) is 2.44. The summed E-state index contributed by atoms with van der Waals surface area (Å²) in [6, 6.07) is 2.29. The van der Waals surface area contributed by atoms with Crippen LogP contribution in [0.1, 0.15) is 26.7 Å². The fourth-order valence-electron chi connectivity index (χ4n) is 4.82. The van der Waals surface area contributed by atoms with Crippen molar-refractivity contribution >= 4 is 35.9 Å². The maximum Gasteiger partial charge on any atom is 0.225 e. The van der Waals surface area contributed by atoms with E-state index in [1.54, 1.807) is 12.4 Å². The van der Waals surface area contributed by atoms with E-state index >= 15 is 0 Å². The van der Waals surface area contributed by atoms with Gasteiger partial charge in [-0.3, -0.25) is 4.99 Å². The molecule has 3 unspecified atom stereocenters. The van der Waals surface area contributed by atoms with E-state index in [2.05, 4.69) is 43.9 Å². The number of ether oxygens (including phenoxy) is 1. The zero-order valence-electron chi connectivity index (χ0n) is 16.5. The molecule has 27 heavy (non-hydrogen) atoms. The number of piperazine rings is 1. The van der Waals surface area contributed by atoms with Gasteiger partial charge in [0.15, 0.2) is 5.96 Å². The van der Waals surface area contributed by atoms with Crippen LogP contribution in [-0.4, -0.2) is 72.8 Å². The van der Waals surface area contributed by atoms with E-state index < -0.39 is 0 Å². The number of nitrogens with zero attached hydrogens (tertiary/aromatic N) is 5. The molecule has 2 saturated heterocycles. The van der Waals surface area contributed by atoms with Crippen LogP contribution >= 0.6 is 24.0 Å². The minimum absolute atomic E-state index is 0. The first-order valence-corrected chi connectivity index (χ1v) is 9.73. The Morgan fingerprint density at radius 1 is 1.22 bits per heavy atom. The third-order valence-electron chi connectivity index (χ3n) is 6.24. The molecule has 0 bridgehead atoms. The Morgan fingerprint density at radius 3 is 2.59 bits per heavy atom. The molecule has 1 N–H and O–H groups in total. The quantitative estimate of drug-likeness (QED) is 0.392. The van der Waals surface area contributed by atoms with Crippen LogP contribution in [0, 0.1) is 11.3 Å². The van der Waals surface area contributed by atoms with E-state index in [0.29, 0.717) is 18.1 Å². The average molecular weight is 486 g/mol. The second-order valence-electron chi connectivity index (χ2n) is 8.11. The van der Waals surface area contributed by atoms with Gasteiger partial charge in [0.1, 0.15) is 0 Å². The second kappa shape index (κ2) is 8.46. The number of hydrogen-bond donors (Lipinski definition) is 1. The van der Waals surface area contributed by atoms with E-state index in [4.69, 9.17) is 4.74 Å². The molecule has 0 spiro atoms. The Balaban J connectivity index is 0.00000210. The van der Waals surface area contributed by atoms with Crippen molar-refractivity contribution in [1.29, 1.82) is 0 Å². The number of halogens is 1. The number of aliphatic imine (C=N–C) groups is 1. The summed E-state index contributed by atoms with van der Waals surface area (Å²) >= 11 is 0. The average Bonchev–Trinajstić information content (AvgIpc) is 2.69. The third-order valence-corrected chi connectivity index (χ3v) is 6.24. The lowest BCUT2D eigenvalue weighted by atomic mass is 9.55. The lowest BCUT2D eigenvalue weighted by Crippen LogP contribution is -2.71. The van der Waals surface area contributed by atoms with Crippen LogP contribution in [-0.2, 0) is 4.74 Å². The minimum atomic E-state index is 0. The summed E-state index contributed by atoms with van der Waals surface area (Å²) in [7, 11) is 1.88. The summed E-state index contributed by atoms with van der Waals surface area (Å²) in [5, 5.41) is 3.76. The zero-order valence-corrected chi connectivity index (χ0v) is 18.8. The molecule has 3 fully saturated rings. The minimum Gasteiger partial charge on any atom is -0.377 e. The first-order valence-electron chi connectivity index (χ1n) is 9.73. The van der Waals surface area contributed by atoms with Crippen LogP contribution < -0.4 is 10.2 Å². The Kier molecular flexibility index (Phi) is 6.45. The predicted octanol–water partition coefficient (Wildman–Crippen LogP) is 2.00. The fraction of sp³-hybridized carbons (Fsp3) is 0.737. The molecule has 8 heteroatoms. The molecule has 0 aromatic carbocycles. The van der Waals surface area contributed by atoms with Crippen LogP contribution in [0.3, 0.4) is 0 Å². The van der Waals surface area contributed by atoms with E-state index in [-0.39, 0.29) is 29.4 Å². The van der Waals surface area contributed by atoms with Gasteiger partial charge < -0.3 is 19.9 Å². The van der Waals surface area contributed by atoms with Crippen molar-refractivity contribution < 1.29 is 4.74 Å². The molecule has 0 radical (unpaired) electrons. The van der Waals surface area contributed by atoms with E-state index in [1.165, 1.54) is 12.8 Å². The molecule has 3 aliphatic rings. The van der Waals surface area contributed by atoms with Gasteiger partial charge in [-0.05, 0) is 18.9 Å². The number of aromatic nitrogens is 2. The molecular weight excluding hydrogens is 455 g/mol. The summed E-state index contributed by atoms with van der Waals surface area (Å²) < 4.78 is 6.03. The van der Waals surface area contributed by atoms with Crippen LogP contribution in [0.4, 0.5) is 5.95 Å². The predicted molar refractivity (Wildman–Crippen MR) is 118 cm³/mol. The van der Waals surface area contributed by atoms with Crippen molar-refractivity contribution in [2.24, 2.45) is 16.3 Å². The molecule has 3 atom stereocenters. The fourth-order valence-corrected chi connectivity index (χ4v) is 4.82. The van der Waals surface area contributed by atoms with Gasteiger partial charge in [0.05, 0.1) is 6.10 Å². The Bertz CT molecular complexity index is 647. The molecule has 1 aliphatic carbocycles. The van der Waals surface area contributed by atoms with Gasteiger partial charge >= 0.3 is 0 Å². The van der Waals surface area contributed by atoms with Gasteiger partial charge in [0.25, 0.3) is 0 Å². The number of rotatable bonds is 2. The van der Waals surface area contributed by atoms with Crippen LogP contribution in [0.15, 0.2) is 23.5 Å². The monoisotopic (exact) mass is 486 g/mol. The molecule has 0 amide bonds. The van der Waals surface area contributed by atoms with Gasteiger partial charge in [0.2, 0.25) is 5.95 Å². The summed E-state index contributed by atoms with van der Waals surface area (Å²) in [4.78, 5) is 17.9. The van der Waals surface area contributed by atoms with E-state index in [9.17, 15) is 0 Å². The van der Waals surface area contributed by atoms with Crippen molar-refractivity contribution in [3.8, 4) is 0 Å². The van der Waals surface area contributed by atoms with Crippen molar-refractivity contribution in [2.45, 2.75) is 38.8 Å². The van der Waals surface area contributed by atoms with Gasteiger partial charge in [-0.2, -0.15) is 0 Å². The van der Waals surface area contributed by atoms with Crippen LogP contribution in [0.25, 0.3) is 0 Å². The maximum atomic E-state index is 6.03. The SMILES string of the molecule is CN=C(NC1C2CCCOC2C1(C)C)N1CCN(c2ncccn2)CC1.I. The Morgan fingerprint density at radius 2 is 1.93 bits per heavy atom. The number of guanidine groups is 1. The molecule has 3 heterocycles. The lowest BCUT2D eigenvalue weighted by Gasteiger charge is -2.60. The molecule has 7 nitrogen and oxygen atoms in total. The largest absolute Gasteiger partial charge is 0.377 e. The van der Waals surface area contributed by atoms with E-state index in [1.807, 2.05) is 13.1 Å². The maximum absolute atomic E-state index is 6.03. The molecule has 1 saturated carbocycles. The highest BCUT2D eigenvalue weighted by Gasteiger charge is 2.58. The standard InChI is InChI=1S/C19H30N6O.HI/c1-19(2)15(14-6-4-13-26-16(14)19)23-17(20-3)24-9-11-25(12-10-24)18-21-7-5-8-22-18;/h5,7-8,14-16H,4,6,9-13H2,1-3H3,(H,20,23);1H. The first-order chi connectivity index (χ1) is 12.6. The van der Waals surface area contributed by atoms with Crippen molar-refractivity contribution in [3.63, 3.8) is 0 Å². The number of nitrogens with one attached hydrogen (secondary N) is 1. The second-order valence-corrected chi connectivity index (χ2v) is 8.11. The molecule has 150 valence electrons. The van der Waals surface area contributed by atoms with Gasteiger partial charge in [0, 0.05) is 69.6 Å². The molecule has 2 aliphatic heterocycles. The Labute approximate surface area is 179 Å². The van der Waals surface area contributed by atoms with Gasteiger partial charge in [-0.25, -0.2) is 9.97 Å². The van der Waals surface area contributed by atoms with Gasteiger partial charge in [-0.1, -0.05) is 13.8 Å². The Hall–Kier alpha value is -1.16. The summed E-state index contributed by atoms with van der Waals surface area (Å²) in [6.07, 6.45) is 6.41. The lowest BCUT2D eigenvalue weighted by molar-refractivity contribution is -0.188. The number of fused-ring (bicyclic) bond motifs is 1. The number of hydrogen-bond acceptors (Lipinski definition) is 5. The van der Waals surface area contributed by atoms with E-state index in [0.717, 1.165) is 44.7 Å². The highest BCUT2D eigenvalue weighted by atomic mass is 127. The summed E-state index contributed by atoms with van der Waals surface area (Å²) in [6.45, 7) is 9.22. The molecule has 4 rings (SSSR count). The first kappa shape index (κ1) is 20.6. The van der Waals surface area contributed by atoms with Crippen LogP contribution in [0.2, 0.25) is 0 Å². The normalized spacial score (nSPS) is 30.0. The highest BCUT2D eigenvalue weighted by molar-refractivity contribution is 14.0. The van der Waals surface area contributed by atoms with Crippen molar-refractivity contribution in [1.82, 2.24) is 20.2 Å². The molecule has 1 aromatic rings. The topological polar surface area (TPSA) is 65.9 Å². The zero-order chi connectivity index (χ0) is 18.1. The third kappa shape index (κ3) is 3.87. The summed E-state index contributed by atoms with van der Waals surface area (Å²) in [5.41, 5.74) is 0.153. The molecular formula is C19H31IN6O. The van der Waals surface area contributed by atoms with Crippen molar-refractivity contribution in [2.75, 3.05) is 44.7 Å². The number of anilines is 1. The van der Waals surface area contributed by atoms with Crippen LogP contribution in [0.5, 0.6) is 0 Å².